The van der Waals surface area contributed by atoms with E-state index in [0.717, 1.165) is 18.4 Å². The molecule has 2 aromatic rings. The molecule has 4 nitrogen and oxygen atoms in total. The topological polar surface area (TPSA) is 64.3 Å². The number of nitrogens with one attached hydrogen (secondary N) is 1. The number of carbonyl (C=O) groups excluding carboxylic acids is 1. The Morgan fingerprint density at radius 3 is 2.90 bits per heavy atom. The normalized spacial score (nSPS) is 13.6. The molecule has 5 heteroatoms. The minimum atomic E-state index is -0.0565. The third-order valence-corrected chi connectivity index (χ3v) is 4.88. The highest BCUT2D eigenvalue weighted by Crippen LogP contribution is 2.31. The molecule has 3 rings (SSSR count). The molecule has 1 aromatic carbocycles. The number of methoxy groups -OCH3 is 1. The van der Waals surface area contributed by atoms with E-state index in [1.165, 1.54) is 23.3 Å². The number of fused-ring (bicyclic) bond motifs is 1. The SMILES string of the molecule is COc1ccc(NC(=O)c2csc3c2CCCC3)cc1N. The average molecular weight is 302 g/mol. The molecule has 0 radical (unpaired) electrons. The molecule has 0 unspecified atom stereocenters. The molecule has 21 heavy (non-hydrogen) atoms. The highest BCUT2D eigenvalue weighted by Gasteiger charge is 2.20. The summed E-state index contributed by atoms with van der Waals surface area (Å²) < 4.78 is 5.12. The fraction of sp³-hybridized carbons (Fsp3) is 0.312. The van der Waals surface area contributed by atoms with E-state index in [9.17, 15) is 4.79 Å². The maximum absolute atomic E-state index is 12.4. The van der Waals surface area contributed by atoms with Crippen LogP contribution in [-0.4, -0.2) is 13.0 Å². The van der Waals surface area contributed by atoms with E-state index >= 15 is 0 Å². The first-order chi connectivity index (χ1) is 10.2. The van der Waals surface area contributed by atoms with Crippen molar-refractivity contribution in [2.75, 3.05) is 18.2 Å². The zero-order valence-electron chi connectivity index (χ0n) is 11.9. The van der Waals surface area contributed by atoms with Gasteiger partial charge in [0.05, 0.1) is 18.4 Å². The predicted molar refractivity (Wildman–Crippen MR) is 86.3 cm³/mol. The van der Waals surface area contributed by atoms with Gasteiger partial charge in [-0.3, -0.25) is 4.79 Å². The van der Waals surface area contributed by atoms with Gasteiger partial charge >= 0.3 is 0 Å². The number of aryl methyl sites for hydroxylation is 1. The summed E-state index contributed by atoms with van der Waals surface area (Å²) in [6, 6.07) is 5.27. The molecule has 1 aliphatic rings. The van der Waals surface area contributed by atoms with Gasteiger partial charge in [-0.2, -0.15) is 0 Å². The van der Waals surface area contributed by atoms with Crippen molar-refractivity contribution >= 4 is 28.6 Å². The molecule has 0 atom stereocenters. The Morgan fingerprint density at radius 2 is 2.14 bits per heavy atom. The molecule has 1 aliphatic carbocycles. The zero-order chi connectivity index (χ0) is 14.8. The van der Waals surface area contributed by atoms with Gasteiger partial charge in [0.1, 0.15) is 5.75 Å². The number of nitrogens with two attached hydrogens (primary N) is 1. The second kappa shape index (κ2) is 5.77. The molecule has 0 fully saturated rings. The molecule has 3 N–H and O–H groups in total. The highest BCUT2D eigenvalue weighted by atomic mass is 32.1. The zero-order valence-corrected chi connectivity index (χ0v) is 12.8. The van der Waals surface area contributed by atoms with E-state index in [-0.39, 0.29) is 5.91 Å². The van der Waals surface area contributed by atoms with Crippen molar-refractivity contribution in [2.24, 2.45) is 0 Å². The third-order valence-electron chi connectivity index (χ3n) is 3.79. The molecule has 0 saturated carbocycles. The van der Waals surface area contributed by atoms with Gasteiger partial charge in [-0.1, -0.05) is 0 Å². The number of anilines is 2. The smallest absolute Gasteiger partial charge is 0.256 e. The number of hydrogen-bond donors (Lipinski definition) is 2. The van der Waals surface area contributed by atoms with Gasteiger partial charge in [-0.15, -0.1) is 11.3 Å². The van der Waals surface area contributed by atoms with E-state index in [1.54, 1.807) is 36.6 Å². The Bertz CT molecular complexity index is 679. The van der Waals surface area contributed by atoms with Gasteiger partial charge in [0.2, 0.25) is 0 Å². The summed E-state index contributed by atoms with van der Waals surface area (Å²) in [5.41, 5.74) is 9.10. The Labute approximate surface area is 127 Å². The summed E-state index contributed by atoms with van der Waals surface area (Å²) in [5, 5.41) is 4.89. The molecule has 0 bridgehead atoms. The van der Waals surface area contributed by atoms with E-state index in [4.69, 9.17) is 10.5 Å². The number of rotatable bonds is 3. The summed E-state index contributed by atoms with van der Waals surface area (Å²) >= 11 is 1.69. The Morgan fingerprint density at radius 1 is 1.33 bits per heavy atom. The van der Waals surface area contributed by atoms with Crippen molar-refractivity contribution in [3.8, 4) is 5.75 Å². The van der Waals surface area contributed by atoms with Crippen LogP contribution in [0.2, 0.25) is 0 Å². The van der Waals surface area contributed by atoms with Gasteiger partial charge < -0.3 is 15.8 Å². The van der Waals surface area contributed by atoms with E-state index in [0.29, 0.717) is 17.1 Å². The van der Waals surface area contributed by atoms with Crippen LogP contribution in [0.3, 0.4) is 0 Å². The Hall–Kier alpha value is -2.01. The van der Waals surface area contributed by atoms with Crippen LogP contribution >= 0.6 is 11.3 Å². The molecule has 1 amide bonds. The van der Waals surface area contributed by atoms with Crippen LogP contribution in [0, 0.1) is 0 Å². The van der Waals surface area contributed by atoms with E-state index in [2.05, 4.69) is 5.32 Å². The number of thiophene rings is 1. The molecular formula is C16H18N2O2S. The molecule has 0 saturated heterocycles. The summed E-state index contributed by atoms with van der Waals surface area (Å²) in [6.45, 7) is 0. The molecule has 110 valence electrons. The van der Waals surface area contributed by atoms with Crippen LogP contribution in [-0.2, 0) is 12.8 Å². The number of carbonyl (C=O) groups is 1. The van der Waals surface area contributed by atoms with Gasteiger partial charge in [0, 0.05) is 15.9 Å². The number of benzene rings is 1. The fourth-order valence-corrected chi connectivity index (χ4v) is 3.82. The average Bonchev–Trinajstić information content (AvgIpc) is 2.91. The Balaban J connectivity index is 1.80. The van der Waals surface area contributed by atoms with Crippen LogP contribution < -0.4 is 15.8 Å². The van der Waals surface area contributed by atoms with Crippen molar-refractivity contribution in [3.05, 3.63) is 39.6 Å². The first kappa shape index (κ1) is 13.9. The third kappa shape index (κ3) is 2.74. The van der Waals surface area contributed by atoms with E-state index in [1.807, 2.05) is 5.38 Å². The molecule has 0 aliphatic heterocycles. The summed E-state index contributed by atoms with van der Waals surface area (Å²) in [6.07, 6.45) is 4.50. The van der Waals surface area contributed by atoms with Crippen molar-refractivity contribution < 1.29 is 9.53 Å². The first-order valence-corrected chi connectivity index (χ1v) is 7.91. The van der Waals surface area contributed by atoms with Gasteiger partial charge in [0.15, 0.2) is 0 Å². The number of nitrogen functional groups attached to an aromatic ring is 1. The highest BCUT2D eigenvalue weighted by molar-refractivity contribution is 7.10. The lowest BCUT2D eigenvalue weighted by Gasteiger charge is -2.13. The second-order valence-electron chi connectivity index (χ2n) is 5.17. The lowest BCUT2D eigenvalue weighted by atomic mass is 9.95. The summed E-state index contributed by atoms with van der Waals surface area (Å²) in [5.74, 6) is 0.555. The van der Waals surface area contributed by atoms with Gasteiger partial charge in [0.25, 0.3) is 5.91 Å². The fourth-order valence-electron chi connectivity index (χ4n) is 2.69. The minimum absolute atomic E-state index is 0.0565. The number of amides is 1. The molecule has 0 spiro atoms. The lowest BCUT2D eigenvalue weighted by Crippen LogP contribution is -2.14. The molecule has 1 heterocycles. The largest absolute Gasteiger partial charge is 0.495 e. The van der Waals surface area contributed by atoms with Gasteiger partial charge in [-0.25, -0.2) is 0 Å². The number of hydrogen-bond acceptors (Lipinski definition) is 4. The van der Waals surface area contributed by atoms with Crippen molar-refractivity contribution in [1.29, 1.82) is 0 Å². The van der Waals surface area contributed by atoms with Crippen molar-refractivity contribution in [2.45, 2.75) is 25.7 Å². The summed E-state index contributed by atoms with van der Waals surface area (Å²) in [7, 11) is 1.57. The van der Waals surface area contributed by atoms with Crippen molar-refractivity contribution in [1.82, 2.24) is 0 Å². The van der Waals surface area contributed by atoms with Crippen LogP contribution in [0.4, 0.5) is 11.4 Å². The van der Waals surface area contributed by atoms with Gasteiger partial charge in [-0.05, 0) is 49.4 Å². The quantitative estimate of drug-likeness (QED) is 0.853. The monoisotopic (exact) mass is 302 g/mol. The second-order valence-corrected chi connectivity index (χ2v) is 6.13. The predicted octanol–water partition coefficient (Wildman–Crippen LogP) is 3.47. The maximum atomic E-state index is 12.4. The van der Waals surface area contributed by atoms with Crippen LogP contribution in [0.5, 0.6) is 5.75 Å². The van der Waals surface area contributed by atoms with Crippen LogP contribution in [0.15, 0.2) is 23.6 Å². The molecule has 1 aromatic heterocycles. The number of ether oxygens (including phenoxy) is 1. The lowest BCUT2D eigenvalue weighted by molar-refractivity contribution is 0.102. The van der Waals surface area contributed by atoms with Crippen molar-refractivity contribution in [3.63, 3.8) is 0 Å². The van der Waals surface area contributed by atoms with E-state index < -0.39 is 0 Å². The minimum Gasteiger partial charge on any atom is -0.495 e. The first-order valence-electron chi connectivity index (χ1n) is 7.03. The van der Waals surface area contributed by atoms with Crippen LogP contribution in [0.25, 0.3) is 0 Å². The maximum Gasteiger partial charge on any atom is 0.256 e. The molecular weight excluding hydrogens is 284 g/mol. The Kier molecular flexibility index (Phi) is 3.84. The summed E-state index contributed by atoms with van der Waals surface area (Å²) in [4.78, 5) is 13.8. The standard InChI is InChI=1S/C16H18N2O2S/c1-20-14-7-6-10(8-13(14)17)18-16(19)12-9-21-15-5-3-2-4-11(12)15/h6-9H,2-5,17H2,1H3,(H,18,19). The van der Waals surface area contributed by atoms with Crippen LogP contribution in [0.1, 0.15) is 33.6 Å².